The number of thiophene rings is 1. The van der Waals surface area contributed by atoms with E-state index in [-0.39, 0.29) is 6.04 Å². The van der Waals surface area contributed by atoms with Crippen molar-refractivity contribution in [2.24, 2.45) is 5.92 Å². The van der Waals surface area contributed by atoms with Crippen LogP contribution in [-0.4, -0.2) is 6.54 Å². The first kappa shape index (κ1) is 13.9. The minimum absolute atomic E-state index is 0.105. The first-order valence-corrected chi connectivity index (χ1v) is 8.19. The Balaban J connectivity index is 1.71. The van der Waals surface area contributed by atoms with Crippen LogP contribution in [0.15, 0.2) is 47.1 Å². The molecule has 2 atom stereocenters. The summed E-state index contributed by atoms with van der Waals surface area (Å²) in [5.41, 5.74) is 0. The van der Waals surface area contributed by atoms with Crippen LogP contribution in [0, 0.1) is 5.92 Å². The first-order valence-electron chi connectivity index (χ1n) is 7.00. The van der Waals surface area contributed by atoms with Gasteiger partial charge >= 0.3 is 0 Å². The third-order valence-electron chi connectivity index (χ3n) is 3.69. The topological polar surface area (TPSA) is 25.2 Å². The number of rotatable bonds is 5. The Morgan fingerprint density at radius 3 is 2.95 bits per heavy atom. The van der Waals surface area contributed by atoms with Crippen molar-refractivity contribution in [1.29, 1.82) is 0 Å². The second-order valence-corrected chi connectivity index (χ2v) is 6.90. The fraction of sp³-hybridized carbons (Fsp3) is 0.375. The van der Waals surface area contributed by atoms with Crippen LogP contribution in [0.5, 0.6) is 0 Å². The smallest absolute Gasteiger partial charge is 0.126 e. The van der Waals surface area contributed by atoms with Crippen LogP contribution in [0.25, 0.3) is 0 Å². The van der Waals surface area contributed by atoms with Crippen molar-refractivity contribution >= 4 is 22.9 Å². The minimum Gasteiger partial charge on any atom is -0.467 e. The lowest BCUT2D eigenvalue weighted by atomic mass is 9.94. The summed E-state index contributed by atoms with van der Waals surface area (Å²) in [7, 11) is 0. The highest BCUT2D eigenvalue weighted by molar-refractivity contribution is 7.16. The maximum atomic E-state index is 6.07. The molecule has 0 spiro atoms. The van der Waals surface area contributed by atoms with Crippen LogP contribution in [-0.2, 0) is 0 Å². The van der Waals surface area contributed by atoms with E-state index in [4.69, 9.17) is 16.0 Å². The zero-order chi connectivity index (χ0) is 13.8. The van der Waals surface area contributed by atoms with Crippen molar-refractivity contribution < 1.29 is 4.42 Å². The van der Waals surface area contributed by atoms with Gasteiger partial charge < -0.3 is 9.73 Å². The third kappa shape index (κ3) is 3.35. The van der Waals surface area contributed by atoms with E-state index in [1.807, 2.05) is 18.2 Å². The van der Waals surface area contributed by atoms with Gasteiger partial charge in [-0.15, -0.1) is 11.3 Å². The number of furan rings is 1. The van der Waals surface area contributed by atoms with Crippen molar-refractivity contribution in [1.82, 2.24) is 5.32 Å². The van der Waals surface area contributed by atoms with Gasteiger partial charge in [-0.25, -0.2) is 0 Å². The SMILES string of the molecule is Clc1ccc(C(NCC2CC=CCC2)c2ccco2)s1. The summed E-state index contributed by atoms with van der Waals surface area (Å²) in [5, 5.41) is 3.65. The van der Waals surface area contributed by atoms with Crippen LogP contribution in [0.2, 0.25) is 4.34 Å². The molecule has 106 valence electrons. The fourth-order valence-electron chi connectivity index (χ4n) is 2.61. The normalized spacial score (nSPS) is 20.1. The van der Waals surface area contributed by atoms with E-state index in [0.29, 0.717) is 5.92 Å². The molecule has 1 aliphatic rings. The summed E-state index contributed by atoms with van der Waals surface area (Å²) in [6.07, 6.45) is 9.92. The van der Waals surface area contributed by atoms with Crippen LogP contribution < -0.4 is 5.32 Å². The zero-order valence-electron chi connectivity index (χ0n) is 11.2. The summed E-state index contributed by atoms with van der Waals surface area (Å²) < 4.78 is 6.40. The first-order chi connectivity index (χ1) is 9.83. The molecule has 3 rings (SSSR count). The van der Waals surface area contributed by atoms with Crippen molar-refractivity contribution in [3.63, 3.8) is 0 Å². The molecule has 2 aromatic rings. The average Bonchev–Trinajstić information content (AvgIpc) is 3.13. The number of allylic oxidation sites excluding steroid dienone is 2. The molecule has 0 saturated carbocycles. The van der Waals surface area contributed by atoms with E-state index >= 15 is 0 Å². The molecule has 2 aromatic heterocycles. The monoisotopic (exact) mass is 307 g/mol. The lowest BCUT2D eigenvalue weighted by Crippen LogP contribution is -2.28. The van der Waals surface area contributed by atoms with E-state index < -0.39 is 0 Å². The largest absolute Gasteiger partial charge is 0.467 e. The van der Waals surface area contributed by atoms with Crippen molar-refractivity contribution in [3.8, 4) is 0 Å². The molecule has 4 heteroatoms. The van der Waals surface area contributed by atoms with Gasteiger partial charge in [0.1, 0.15) is 11.8 Å². The summed E-state index contributed by atoms with van der Waals surface area (Å²) in [6.45, 7) is 1.01. The molecule has 20 heavy (non-hydrogen) atoms. The Kier molecular flexibility index (Phi) is 4.61. The zero-order valence-corrected chi connectivity index (χ0v) is 12.8. The molecule has 2 unspecified atom stereocenters. The predicted octanol–water partition coefficient (Wildman–Crippen LogP) is 5.03. The highest BCUT2D eigenvalue weighted by Gasteiger charge is 2.20. The Morgan fingerprint density at radius 1 is 1.35 bits per heavy atom. The Labute approximate surface area is 128 Å². The van der Waals surface area contributed by atoms with Crippen LogP contribution in [0.1, 0.15) is 35.9 Å². The van der Waals surface area contributed by atoms with Crippen molar-refractivity contribution in [3.05, 3.63) is 57.7 Å². The molecule has 0 radical (unpaired) electrons. The summed E-state index contributed by atoms with van der Waals surface area (Å²) in [4.78, 5) is 1.20. The second kappa shape index (κ2) is 6.61. The predicted molar refractivity (Wildman–Crippen MR) is 84.4 cm³/mol. The molecule has 2 heterocycles. The van der Waals surface area contributed by atoms with E-state index in [9.17, 15) is 0 Å². The second-order valence-electron chi connectivity index (χ2n) is 5.15. The van der Waals surface area contributed by atoms with E-state index in [1.165, 1.54) is 24.1 Å². The number of hydrogen-bond donors (Lipinski definition) is 1. The van der Waals surface area contributed by atoms with Gasteiger partial charge in [0.15, 0.2) is 0 Å². The van der Waals surface area contributed by atoms with Gasteiger partial charge in [-0.2, -0.15) is 0 Å². The number of hydrogen-bond acceptors (Lipinski definition) is 3. The molecule has 0 saturated heterocycles. The minimum atomic E-state index is 0.105. The van der Waals surface area contributed by atoms with Gasteiger partial charge in [0.05, 0.1) is 10.6 Å². The van der Waals surface area contributed by atoms with E-state index in [2.05, 4.69) is 23.5 Å². The van der Waals surface area contributed by atoms with Gasteiger partial charge in [0.2, 0.25) is 0 Å². The third-order valence-corrected chi connectivity index (χ3v) is 4.99. The van der Waals surface area contributed by atoms with Crippen LogP contribution >= 0.6 is 22.9 Å². The molecule has 2 nitrogen and oxygen atoms in total. The lowest BCUT2D eigenvalue weighted by molar-refractivity contribution is 0.392. The molecule has 0 aromatic carbocycles. The molecular formula is C16H18ClNOS. The Hall–Kier alpha value is -1.03. The highest BCUT2D eigenvalue weighted by Crippen LogP contribution is 2.31. The molecule has 1 N–H and O–H groups in total. The van der Waals surface area contributed by atoms with Crippen molar-refractivity contribution in [2.75, 3.05) is 6.54 Å². The molecule has 0 amide bonds. The highest BCUT2D eigenvalue weighted by atomic mass is 35.5. The maximum Gasteiger partial charge on any atom is 0.126 e. The Morgan fingerprint density at radius 2 is 2.30 bits per heavy atom. The van der Waals surface area contributed by atoms with E-state index in [1.54, 1.807) is 17.6 Å². The standard InChI is InChI=1S/C16H18ClNOS/c17-15-9-8-14(20-15)16(13-7-4-10-19-13)18-11-12-5-2-1-3-6-12/h1-2,4,7-10,12,16,18H,3,5-6,11H2. The van der Waals surface area contributed by atoms with Gasteiger partial charge in [-0.1, -0.05) is 23.8 Å². The molecule has 0 aliphatic heterocycles. The molecule has 1 aliphatic carbocycles. The average molecular weight is 308 g/mol. The van der Waals surface area contributed by atoms with Crippen molar-refractivity contribution in [2.45, 2.75) is 25.3 Å². The van der Waals surface area contributed by atoms with Crippen LogP contribution in [0.3, 0.4) is 0 Å². The van der Waals surface area contributed by atoms with Crippen LogP contribution in [0.4, 0.5) is 0 Å². The number of halogens is 1. The summed E-state index contributed by atoms with van der Waals surface area (Å²) >= 11 is 7.68. The maximum absolute atomic E-state index is 6.07. The van der Waals surface area contributed by atoms with Gasteiger partial charge in [-0.3, -0.25) is 0 Å². The lowest BCUT2D eigenvalue weighted by Gasteiger charge is -2.22. The quantitative estimate of drug-likeness (QED) is 0.784. The number of nitrogens with one attached hydrogen (secondary N) is 1. The van der Waals surface area contributed by atoms with Gasteiger partial charge in [0.25, 0.3) is 0 Å². The van der Waals surface area contributed by atoms with Gasteiger partial charge in [-0.05, 0) is 56.0 Å². The van der Waals surface area contributed by atoms with Gasteiger partial charge in [0, 0.05) is 4.88 Å². The molecule has 0 fully saturated rings. The molecule has 0 bridgehead atoms. The Bertz CT molecular complexity index is 561. The van der Waals surface area contributed by atoms with E-state index in [0.717, 1.165) is 16.6 Å². The fourth-order valence-corrected chi connectivity index (χ4v) is 3.75. The summed E-state index contributed by atoms with van der Waals surface area (Å²) in [6, 6.07) is 8.08. The molecular weight excluding hydrogens is 290 g/mol. The summed E-state index contributed by atoms with van der Waals surface area (Å²) in [5.74, 6) is 1.67.